The number of carbonyl (C=O) groups excluding carboxylic acids is 2. The van der Waals surface area contributed by atoms with E-state index in [9.17, 15) is 14.0 Å². The van der Waals surface area contributed by atoms with E-state index >= 15 is 0 Å². The van der Waals surface area contributed by atoms with Gasteiger partial charge in [-0.15, -0.1) is 0 Å². The van der Waals surface area contributed by atoms with Gasteiger partial charge in [0.25, 0.3) is 5.91 Å². The number of esters is 1. The Morgan fingerprint density at radius 3 is 2.70 bits per heavy atom. The Balaban J connectivity index is 1.97. The van der Waals surface area contributed by atoms with Crippen molar-refractivity contribution in [1.82, 2.24) is 0 Å². The van der Waals surface area contributed by atoms with Crippen LogP contribution in [-0.2, 0) is 14.3 Å². The highest BCUT2D eigenvalue weighted by molar-refractivity contribution is 6.00. The monoisotopic (exact) mass is 368 g/mol. The number of hydrogen-bond acceptors (Lipinski definition) is 5. The van der Waals surface area contributed by atoms with Crippen LogP contribution < -0.4 is 10.1 Å². The van der Waals surface area contributed by atoms with Crippen molar-refractivity contribution in [2.75, 3.05) is 19.0 Å². The molecule has 0 saturated heterocycles. The molecule has 0 fully saturated rings. The summed E-state index contributed by atoms with van der Waals surface area (Å²) in [5.41, 5.74) is 0.993. The number of nitriles is 1. The van der Waals surface area contributed by atoms with E-state index in [1.165, 1.54) is 31.4 Å². The Kier molecular flexibility index (Phi) is 6.67. The van der Waals surface area contributed by atoms with Crippen LogP contribution in [0.2, 0.25) is 0 Å². The van der Waals surface area contributed by atoms with Crippen LogP contribution in [0.15, 0.2) is 48.0 Å². The SMILES string of the molecule is COc1cccc(/C=C(\C#N)C(=O)OCC(=O)Nc2ccc(C)c(F)c2)c1. The van der Waals surface area contributed by atoms with Gasteiger partial charge in [0.2, 0.25) is 0 Å². The van der Waals surface area contributed by atoms with Gasteiger partial charge in [0, 0.05) is 5.69 Å². The average molecular weight is 368 g/mol. The first kappa shape index (κ1) is 19.7. The molecule has 2 aromatic rings. The molecule has 0 radical (unpaired) electrons. The van der Waals surface area contributed by atoms with Crippen molar-refractivity contribution in [1.29, 1.82) is 5.26 Å². The molecule has 2 aromatic carbocycles. The number of benzene rings is 2. The van der Waals surface area contributed by atoms with Crippen molar-refractivity contribution in [3.8, 4) is 11.8 Å². The van der Waals surface area contributed by atoms with E-state index in [2.05, 4.69) is 5.32 Å². The minimum absolute atomic E-state index is 0.242. The molecule has 0 spiro atoms. The van der Waals surface area contributed by atoms with Crippen molar-refractivity contribution in [2.24, 2.45) is 0 Å². The fourth-order valence-electron chi connectivity index (χ4n) is 2.11. The number of nitrogens with zero attached hydrogens (tertiary/aromatic N) is 1. The number of anilines is 1. The van der Waals surface area contributed by atoms with Gasteiger partial charge in [0.05, 0.1) is 7.11 Å². The molecule has 1 amide bonds. The van der Waals surface area contributed by atoms with Crippen molar-refractivity contribution in [2.45, 2.75) is 6.92 Å². The van der Waals surface area contributed by atoms with Gasteiger partial charge in [-0.3, -0.25) is 4.79 Å². The summed E-state index contributed by atoms with van der Waals surface area (Å²) in [6.45, 7) is 0.992. The largest absolute Gasteiger partial charge is 0.497 e. The maximum absolute atomic E-state index is 13.5. The maximum atomic E-state index is 13.5. The van der Waals surface area contributed by atoms with E-state index in [-0.39, 0.29) is 11.3 Å². The predicted octanol–water partition coefficient (Wildman–Crippen LogP) is 3.23. The normalized spacial score (nSPS) is 10.7. The standard InChI is InChI=1S/C20H17FN2O4/c1-13-6-7-16(10-18(13)21)23-19(24)12-27-20(25)15(11-22)8-14-4-3-5-17(9-14)26-2/h3-10H,12H2,1-2H3,(H,23,24)/b15-8+. The quantitative estimate of drug-likeness (QED) is 0.480. The molecule has 0 heterocycles. The van der Waals surface area contributed by atoms with Crippen LogP contribution in [0.3, 0.4) is 0 Å². The van der Waals surface area contributed by atoms with Gasteiger partial charge in [0.1, 0.15) is 23.2 Å². The molecule has 0 bridgehead atoms. The van der Waals surface area contributed by atoms with Crippen molar-refractivity contribution >= 4 is 23.6 Å². The second kappa shape index (κ2) is 9.15. The molecule has 0 saturated carbocycles. The summed E-state index contributed by atoms with van der Waals surface area (Å²) in [6, 6.07) is 12.7. The number of ether oxygens (including phenoxy) is 2. The third-order valence-electron chi connectivity index (χ3n) is 3.54. The third kappa shape index (κ3) is 5.68. The van der Waals surface area contributed by atoms with Crippen molar-refractivity contribution < 1.29 is 23.5 Å². The molecule has 2 rings (SSSR count). The minimum atomic E-state index is -0.939. The lowest BCUT2D eigenvalue weighted by Crippen LogP contribution is -2.21. The Hall–Kier alpha value is -3.66. The fraction of sp³-hybridized carbons (Fsp3) is 0.150. The molecule has 0 aliphatic heterocycles. The van der Waals surface area contributed by atoms with E-state index in [0.717, 1.165) is 0 Å². The average Bonchev–Trinajstić information content (AvgIpc) is 2.67. The molecule has 0 atom stereocenters. The summed E-state index contributed by atoms with van der Waals surface area (Å²) in [4.78, 5) is 23.8. The Bertz CT molecular complexity index is 932. The Labute approximate surface area is 155 Å². The first-order valence-corrected chi connectivity index (χ1v) is 7.92. The van der Waals surface area contributed by atoms with Gasteiger partial charge in [-0.25, -0.2) is 9.18 Å². The highest BCUT2D eigenvalue weighted by Crippen LogP contribution is 2.16. The fourth-order valence-corrected chi connectivity index (χ4v) is 2.11. The van der Waals surface area contributed by atoms with Crippen LogP contribution in [-0.4, -0.2) is 25.6 Å². The van der Waals surface area contributed by atoms with E-state index in [0.29, 0.717) is 16.9 Å². The van der Waals surface area contributed by atoms with Gasteiger partial charge in [0.15, 0.2) is 6.61 Å². The van der Waals surface area contributed by atoms with Gasteiger partial charge in [-0.05, 0) is 48.4 Å². The summed E-state index contributed by atoms with van der Waals surface area (Å²) in [5.74, 6) is -1.48. The lowest BCUT2D eigenvalue weighted by molar-refractivity contribution is -0.142. The highest BCUT2D eigenvalue weighted by atomic mass is 19.1. The lowest BCUT2D eigenvalue weighted by Gasteiger charge is -2.07. The van der Waals surface area contributed by atoms with Gasteiger partial charge < -0.3 is 14.8 Å². The first-order valence-electron chi connectivity index (χ1n) is 7.92. The molecule has 0 aliphatic rings. The summed E-state index contributed by atoms with van der Waals surface area (Å²) < 4.78 is 23.4. The summed E-state index contributed by atoms with van der Waals surface area (Å²) in [6.07, 6.45) is 1.33. The molecule has 1 N–H and O–H groups in total. The first-order chi connectivity index (χ1) is 12.9. The molecule has 0 unspecified atom stereocenters. The smallest absolute Gasteiger partial charge is 0.349 e. The zero-order valence-electron chi connectivity index (χ0n) is 14.8. The number of nitrogens with one attached hydrogen (secondary N) is 1. The predicted molar refractivity (Wildman–Crippen MR) is 97.3 cm³/mol. The topological polar surface area (TPSA) is 88.4 Å². The zero-order valence-corrected chi connectivity index (χ0v) is 14.8. The molecule has 27 heavy (non-hydrogen) atoms. The third-order valence-corrected chi connectivity index (χ3v) is 3.54. The van der Waals surface area contributed by atoms with Crippen LogP contribution in [0, 0.1) is 24.1 Å². The molecule has 0 aliphatic carbocycles. The maximum Gasteiger partial charge on any atom is 0.349 e. The van der Waals surface area contributed by atoms with Crippen LogP contribution in [0.1, 0.15) is 11.1 Å². The minimum Gasteiger partial charge on any atom is -0.497 e. The summed E-state index contributed by atoms with van der Waals surface area (Å²) in [7, 11) is 1.50. The van der Waals surface area contributed by atoms with Crippen LogP contribution in [0.5, 0.6) is 5.75 Å². The van der Waals surface area contributed by atoms with Crippen molar-refractivity contribution in [3.05, 3.63) is 65.0 Å². The molecular weight excluding hydrogens is 351 g/mol. The van der Waals surface area contributed by atoms with Crippen LogP contribution in [0.4, 0.5) is 10.1 Å². The second-order valence-electron chi connectivity index (χ2n) is 5.53. The second-order valence-corrected chi connectivity index (χ2v) is 5.53. The molecule has 138 valence electrons. The van der Waals surface area contributed by atoms with E-state index in [1.807, 2.05) is 0 Å². The van der Waals surface area contributed by atoms with E-state index < -0.39 is 24.3 Å². The number of halogens is 1. The van der Waals surface area contributed by atoms with Crippen molar-refractivity contribution in [3.63, 3.8) is 0 Å². The highest BCUT2D eigenvalue weighted by Gasteiger charge is 2.14. The van der Waals surface area contributed by atoms with Gasteiger partial charge >= 0.3 is 5.97 Å². The Morgan fingerprint density at radius 1 is 1.26 bits per heavy atom. The number of hydrogen-bond donors (Lipinski definition) is 1. The molecule has 7 heteroatoms. The number of amides is 1. The van der Waals surface area contributed by atoms with Crippen LogP contribution in [0.25, 0.3) is 6.08 Å². The molecule has 0 aromatic heterocycles. The number of rotatable bonds is 6. The molecule has 6 nitrogen and oxygen atoms in total. The lowest BCUT2D eigenvalue weighted by atomic mass is 10.1. The Morgan fingerprint density at radius 2 is 2.04 bits per heavy atom. The van der Waals surface area contributed by atoms with Crippen LogP contribution >= 0.6 is 0 Å². The van der Waals surface area contributed by atoms with E-state index in [1.54, 1.807) is 37.3 Å². The van der Waals surface area contributed by atoms with E-state index in [4.69, 9.17) is 14.7 Å². The summed E-state index contributed by atoms with van der Waals surface area (Å²) >= 11 is 0. The number of carbonyl (C=O) groups is 2. The summed E-state index contributed by atoms with van der Waals surface area (Å²) in [5, 5.41) is 11.6. The molecular formula is C20H17FN2O4. The van der Waals surface area contributed by atoms with Gasteiger partial charge in [-0.1, -0.05) is 18.2 Å². The van der Waals surface area contributed by atoms with Gasteiger partial charge in [-0.2, -0.15) is 5.26 Å². The number of methoxy groups -OCH3 is 1. The zero-order chi connectivity index (χ0) is 19.8. The number of aryl methyl sites for hydroxylation is 1.